The highest BCUT2D eigenvalue weighted by atomic mass is 35.5. The van der Waals surface area contributed by atoms with Crippen LogP contribution < -0.4 is 5.32 Å². The molecule has 0 radical (unpaired) electrons. The zero-order chi connectivity index (χ0) is 11.8. The number of anilines is 1. The third-order valence-electron chi connectivity index (χ3n) is 1.94. The van der Waals surface area contributed by atoms with Gasteiger partial charge in [-0.05, 0) is 31.1 Å². The molecule has 0 saturated heterocycles. The Labute approximate surface area is 110 Å². The maximum absolute atomic E-state index is 5.88. The zero-order valence-electron chi connectivity index (χ0n) is 9.49. The molecule has 3 nitrogen and oxygen atoms in total. The lowest BCUT2D eigenvalue weighted by Crippen LogP contribution is -2.04. The highest BCUT2D eigenvalue weighted by molar-refractivity contribution is 7.98. The lowest BCUT2D eigenvalue weighted by molar-refractivity contribution is 0.834. The van der Waals surface area contributed by atoms with E-state index in [2.05, 4.69) is 21.5 Å². The summed E-state index contributed by atoms with van der Waals surface area (Å²) in [6.07, 6.45) is 6.44. The van der Waals surface area contributed by atoms with E-state index in [0.717, 1.165) is 18.8 Å². The predicted octanol–water partition coefficient (Wildman–Crippen LogP) is 3.41. The van der Waals surface area contributed by atoms with Crippen LogP contribution in [-0.2, 0) is 0 Å². The summed E-state index contributed by atoms with van der Waals surface area (Å²) < 4.78 is 0. The minimum absolute atomic E-state index is 0.492. The Balaban J connectivity index is 2.38. The third-order valence-corrected chi connectivity index (χ3v) is 3.38. The molecule has 0 spiro atoms. The van der Waals surface area contributed by atoms with Gasteiger partial charge in [-0.3, -0.25) is 0 Å². The van der Waals surface area contributed by atoms with Gasteiger partial charge < -0.3 is 5.32 Å². The highest BCUT2D eigenvalue weighted by Crippen LogP contribution is 2.17. The standard InChI is InChI=1S/C10H16ClN3S2/c1-15-6-4-3-5-12-9-7-8(11)13-10(14-9)16-2/h7H,3-6H2,1-2H3,(H,12,13,14). The largest absolute Gasteiger partial charge is 0.370 e. The van der Waals surface area contributed by atoms with Gasteiger partial charge >= 0.3 is 0 Å². The molecule has 0 aliphatic heterocycles. The second-order valence-electron chi connectivity index (χ2n) is 3.19. The SMILES string of the molecule is CSCCCCNc1cc(Cl)nc(SC)n1. The Kier molecular flexibility index (Phi) is 7.00. The molecule has 1 aromatic heterocycles. The summed E-state index contributed by atoms with van der Waals surface area (Å²) in [6, 6.07) is 1.76. The average Bonchev–Trinajstić information content (AvgIpc) is 2.28. The summed E-state index contributed by atoms with van der Waals surface area (Å²) in [5, 5.41) is 4.46. The summed E-state index contributed by atoms with van der Waals surface area (Å²) in [5.74, 6) is 2.02. The third kappa shape index (κ3) is 5.27. The molecule has 0 unspecified atom stereocenters. The topological polar surface area (TPSA) is 37.8 Å². The van der Waals surface area contributed by atoms with Gasteiger partial charge in [0.1, 0.15) is 11.0 Å². The first kappa shape index (κ1) is 13.9. The van der Waals surface area contributed by atoms with Crippen molar-refractivity contribution in [2.45, 2.75) is 18.0 Å². The molecule has 6 heteroatoms. The van der Waals surface area contributed by atoms with Crippen LogP contribution in [0.15, 0.2) is 11.2 Å². The number of unbranched alkanes of at least 4 members (excludes halogenated alkanes) is 1. The molecule has 1 N–H and O–H groups in total. The maximum atomic E-state index is 5.88. The molecule has 0 bridgehead atoms. The van der Waals surface area contributed by atoms with Gasteiger partial charge in [0.2, 0.25) is 0 Å². The second kappa shape index (κ2) is 8.03. The zero-order valence-corrected chi connectivity index (χ0v) is 11.9. The van der Waals surface area contributed by atoms with Gasteiger partial charge in [0.25, 0.3) is 0 Å². The number of rotatable bonds is 7. The fourth-order valence-electron chi connectivity index (χ4n) is 1.17. The van der Waals surface area contributed by atoms with Gasteiger partial charge in [0, 0.05) is 12.6 Å². The predicted molar refractivity (Wildman–Crippen MR) is 74.9 cm³/mol. The molecule has 0 amide bonds. The van der Waals surface area contributed by atoms with E-state index in [1.54, 1.807) is 6.07 Å². The van der Waals surface area contributed by atoms with Crippen LogP contribution in [-0.4, -0.2) is 34.8 Å². The van der Waals surface area contributed by atoms with Crippen LogP contribution in [0.2, 0.25) is 5.15 Å². The average molecular weight is 278 g/mol. The van der Waals surface area contributed by atoms with Gasteiger partial charge in [-0.1, -0.05) is 23.4 Å². The Hall–Kier alpha value is -0.130. The quantitative estimate of drug-likeness (QED) is 0.358. The van der Waals surface area contributed by atoms with Crippen molar-refractivity contribution in [2.75, 3.05) is 30.1 Å². The van der Waals surface area contributed by atoms with E-state index in [1.165, 1.54) is 23.9 Å². The van der Waals surface area contributed by atoms with Gasteiger partial charge in [-0.2, -0.15) is 11.8 Å². The number of thioether (sulfide) groups is 2. The highest BCUT2D eigenvalue weighted by Gasteiger charge is 2.01. The van der Waals surface area contributed by atoms with Gasteiger partial charge in [-0.15, -0.1) is 0 Å². The summed E-state index contributed by atoms with van der Waals surface area (Å²) in [6.45, 7) is 0.932. The van der Waals surface area contributed by atoms with Crippen LogP contribution in [0.25, 0.3) is 0 Å². The van der Waals surface area contributed by atoms with Crippen molar-refractivity contribution >= 4 is 40.9 Å². The van der Waals surface area contributed by atoms with Crippen molar-refractivity contribution in [1.29, 1.82) is 0 Å². The summed E-state index contributed by atoms with van der Waals surface area (Å²) in [5.41, 5.74) is 0. The molecule has 0 aromatic carbocycles. The number of hydrogen-bond donors (Lipinski definition) is 1. The molecular formula is C10H16ClN3S2. The molecule has 0 fully saturated rings. The molecule has 1 aromatic rings. The fourth-order valence-corrected chi connectivity index (χ4v) is 2.27. The Morgan fingerprint density at radius 2 is 2.12 bits per heavy atom. The Bertz CT molecular complexity index is 323. The van der Waals surface area contributed by atoms with Crippen molar-refractivity contribution in [3.63, 3.8) is 0 Å². The molecule has 16 heavy (non-hydrogen) atoms. The van der Waals surface area contributed by atoms with E-state index >= 15 is 0 Å². The fraction of sp³-hybridized carbons (Fsp3) is 0.600. The van der Waals surface area contributed by atoms with Crippen molar-refractivity contribution in [1.82, 2.24) is 9.97 Å². The maximum Gasteiger partial charge on any atom is 0.190 e. The monoisotopic (exact) mass is 277 g/mol. The Morgan fingerprint density at radius 1 is 1.31 bits per heavy atom. The van der Waals surface area contributed by atoms with Crippen LogP contribution in [0.1, 0.15) is 12.8 Å². The van der Waals surface area contributed by atoms with E-state index in [0.29, 0.717) is 10.3 Å². The number of hydrogen-bond acceptors (Lipinski definition) is 5. The number of nitrogens with zero attached hydrogens (tertiary/aromatic N) is 2. The van der Waals surface area contributed by atoms with Gasteiger partial charge in [0.15, 0.2) is 5.16 Å². The van der Waals surface area contributed by atoms with E-state index in [9.17, 15) is 0 Å². The smallest absolute Gasteiger partial charge is 0.190 e. The first-order valence-electron chi connectivity index (χ1n) is 5.07. The number of nitrogens with one attached hydrogen (secondary N) is 1. The van der Waals surface area contributed by atoms with E-state index in [4.69, 9.17) is 11.6 Å². The molecule has 1 rings (SSSR count). The summed E-state index contributed by atoms with van der Waals surface area (Å²) in [7, 11) is 0. The molecule has 1 heterocycles. The van der Waals surface area contributed by atoms with E-state index in [-0.39, 0.29) is 0 Å². The lowest BCUT2D eigenvalue weighted by Gasteiger charge is -2.06. The van der Waals surface area contributed by atoms with Crippen molar-refractivity contribution < 1.29 is 0 Å². The van der Waals surface area contributed by atoms with Crippen LogP contribution in [0.4, 0.5) is 5.82 Å². The number of halogens is 1. The molecule has 90 valence electrons. The molecule has 0 aliphatic rings. The van der Waals surface area contributed by atoms with Crippen molar-refractivity contribution in [3.8, 4) is 0 Å². The normalized spacial score (nSPS) is 10.4. The first-order valence-corrected chi connectivity index (χ1v) is 8.07. The number of aromatic nitrogens is 2. The van der Waals surface area contributed by atoms with Crippen LogP contribution in [0.5, 0.6) is 0 Å². The van der Waals surface area contributed by atoms with Crippen LogP contribution in [0.3, 0.4) is 0 Å². The molecular weight excluding hydrogens is 262 g/mol. The minimum Gasteiger partial charge on any atom is -0.370 e. The molecule has 0 saturated carbocycles. The first-order chi connectivity index (χ1) is 7.76. The van der Waals surface area contributed by atoms with Gasteiger partial charge in [0.05, 0.1) is 0 Å². The second-order valence-corrected chi connectivity index (χ2v) is 5.34. The van der Waals surface area contributed by atoms with Crippen molar-refractivity contribution in [3.05, 3.63) is 11.2 Å². The van der Waals surface area contributed by atoms with E-state index < -0.39 is 0 Å². The lowest BCUT2D eigenvalue weighted by atomic mass is 10.3. The molecule has 0 atom stereocenters. The molecule has 0 aliphatic carbocycles. The Morgan fingerprint density at radius 3 is 2.81 bits per heavy atom. The van der Waals surface area contributed by atoms with Crippen molar-refractivity contribution in [2.24, 2.45) is 0 Å². The van der Waals surface area contributed by atoms with Crippen LogP contribution in [0, 0.1) is 0 Å². The van der Waals surface area contributed by atoms with Gasteiger partial charge in [-0.25, -0.2) is 9.97 Å². The summed E-state index contributed by atoms with van der Waals surface area (Å²) in [4.78, 5) is 8.40. The minimum atomic E-state index is 0.492. The van der Waals surface area contributed by atoms with Crippen LogP contribution >= 0.6 is 35.1 Å². The van der Waals surface area contributed by atoms with E-state index in [1.807, 2.05) is 18.0 Å². The summed E-state index contributed by atoms with van der Waals surface area (Å²) >= 11 is 9.26.